The van der Waals surface area contributed by atoms with E-state index in [1.54, 1.807) is 47.4 Å². The molecule has 0 radical (unpaired) electrons. The van der Waals surface area contributed by atoms with Gasteiger partial charge >= 0.3 is 0 Å². The van der Waals surface area contributed by atoms with Crippen LogP contribution in [0.5, 0.6) is 0 Å². The van der Waals surface area contributed by atoms with Gasteiger partial charge in [-0.25, -0.2) is 0 Å². The van der Waals surface area contributed by atoms with Gasteiger partial charge in [-0.1, -0.05) is 23.7 Å². The molecular formula is C21H22ClN3O4. The van der Waals surface area contributed by atoms with Crippen LogP contribution in [0.1, 0.15) is 12.0 Å². The quantitative estimate of drug-likeness (QED) is 0.680. The van der Waals surface area contributed by atoms with E-state index in [0.717, 1.165) is 11.3 Å². The predicted molar refractivity (Wildman–Crippen MR) is 111 cm³/mol. The number of halogens is 1. The molecule has 8 heteroatoms. The van der Waals surface area contributed by atoms with Gasteiger partial charge in [0, 0.05) is 36.6 Å². The van der Waals surface area contributed by atoms with Crippen LogP contribution in [-0.2, 0) is 25.7 Å². The normalized spacial score (nSPS) is 16.0. The van der Waals surface area contributed by atoms with E-state index >= 15 is 0 Å². The van der Waals surface area contributed by atoms with Crippen molar-refractivity contribution in [1.29, 1.82) is 0 Å². The van der Waals surface area contributed by atoms with Crippen LogP contribution >= 0.6 is 11.6 Å². The fourth-order valence-corrected chi connectivity index (χ4v) is 3.33. The number of nitrogens with zero attached hydrogens (tertiary/aromatic N) is 1. The molecule has 2 aromatic carbocycles. The van der Waals surface area contributed by atoms with Crippen LogP contribution in [-0.4, -0.2) is 38.0 Å². The third-order valence-electron chi connectivity index (χ3n) is 4.61. The topological polar surface area (TPSA) is 87.7 Å². The summed E-state index contributed by atoms with van der Waals surface area (Å²) in [7, 11) is 1.45. The highest BCUT2D eigenvalue weighted by molar-refractivity contribution is 6.30. The van der Waals surface area contributed by atoms with Crippen molar-refractivity contribution >= 4 is 40.7 Å². The second-order valence-electron chi connectivity index (χ2n) is 6.71. The van der Waals surface area contributed by atoms with E-state index < -0.39 is 5.92 Å². The molecule has 0 bridgehead atoms. The van der Waals surface area contributed by atoms with Gasteiger partial charge in [0.1, 0.15) is 12.5 Å². The van der Waals surface area contributed by atoms with Crippen LogP contribution < -0.4 is 15.5 Å². The van der Waals surface area contributed by atoms with Gasteiger partial charge in [0.05, 0.1) is 0 Å². The molecule has 1 atom stereocenters. The summed E-state index contributed by atoms with van der Waals surface area (Å²) >= 11 is 5.89. The number of anilines is 2. The molecule has 1 aliphatic heterocycles. The molecule has 0 aliphatic carbocycles. The molecule has 2 N–H and O–H groups in total. The number of nitrogens with one attached hydrogen (secondary N) is 2. The zero-order valence-electron chi connectivity index (χ0n) is 16.0. The minimum atomic E-state index is -0.713. The molecule has 152 valence electrons. The van der Waals surface area contributed by atoms with Crippen LogP contribution in [0.15, 0.2) is 48.5 Å². The standard InChI is InChI=1S/C21H22ClN3O4/c1-29-13-19(26)24-16-4-2-3-14(11-16)12-23-20(27)18-9-10-25(21(18)28)17-7-5-15(22)6-8-17/h2-8,11,18H,9-10,12-13H2,1H3,(H,23,27)(H,24,26). The van der Waals surface area contributed by atoms with Crippen LogP contribution in [0, 0.1) is 5.92 Å². The number of hydrogen-bond donors (Lipinski definition) is 2. The number of carbonyl (C=O) groups is 3. The van der Waals surface area contributed by atoms with E-state index in [1.165, 1.54) is 7.11 Å². The zero-order valence-corrected chi connectivity index (χ0v) is 16.7. The lowest BCUT2D eigenvalue weighted by atomic mass is 10.1. The Labute approximate surface area is 174 Å². The lowest BCUT2D eigenvalue weighted by Crippen LogP contribution is -2.36. The molecular weight excluding hydrogens is 394 g/mol. The Kier molecular flexibility index (Phi) is 6.85. The Morgan fingerprint density at radius 3 is 2.69 bits per heavy atom. The van der Waals surface area contributed by atoms with Crippen molar-refractivity contribution in [2.24, 2.45) is 5.92 Å². The van der Waals surface area contributed by atoms with Crippen LogP contribution in [0.4, 0.5) is 11.4 Å². The number of ether oxygens (including phenoxy) is 1. The van der Waals surface area contributed by atoms with Crippen molar-refractivity contribution in [2.45, 2.75) is 13.0 Å². The molecule has 1 saturated heterocycles. The Morgan fingerprint density at radius 1 is 1.21 bits per heavy atom. The fourth-order valence-electron chi connectivity index (χ4n) is 3.20. The molecule has 29 heavy (non-hydrogen) atoms. The lowest BCUT2D eigenvalue weighted by Gasteiger charge is -2.17. The summed E-state index contributed by atoms with van der Waals surface area (Å²) < 4.78 is 4.79. The van der Waals surface area contributed by atoms with Crippen molar-refractivity contribution in [3.8, 4) is 0 Å². The maximum absolute atomic E-state index is 12.7. The smallest absolute Gasteiger partial charge is 0.250 e. The first kappa shape index (κ1) is 20.8. The SMILES string of the molecule is COCC(=O)Nc1cccc(CNC(=O)C2CCN(c3ccc(Cl)cc3)C2=O)c1. The van der Waals surface area contributed by atoms with E-state index in [2.05, 4.69) is 10.6 Å². The van der Waals surface area contributed by atoms with Crippen LogP contribution in [0.2, 0.25) is 5.02 Å². The highest BCUT2D eigenvalue weighted by Crippen LogP contribution is 2.26. The summed E-state index contributed by atoms with van der Waals surface area (Å²) in [4.78, 5) is 38.4. The summed E-state index contributed by atoms with van der Waals surface area (Å²) in [5.41, 5.74) is 2.16. The molecule has 1 unspecified atom stereocenters. The van der Waals surface area contributed by atoms with Crippen molar-refractivity contribution in [2.75, 3.05) is 30.5 Å². The third kappa shape index (κ3) is 5.34. The average molecular weight is 416 g/mol. The van der Waals surface area contributed by atoms with Gasteiger partial charge in [-0.05, 0) is 48.4 Å². The Hall–Kier alpha value is -2.90. The number of benzene rings is 2. The van der Waals surface area contributed by atoms with Crippen LogP contribution in [0.3, 0.4) is 0 Å². The summed E-state index contributed by atoms with van der Waals surface area (Å²) in [5.74, 6) is -1.49. The van der Waals surface area contributed by atoms with E-state index in [0.29, 0.717) is 23.7 Å². The summed E-state index contributed by atoms with van der Waals surface area (Å²) in [6, 6.07) is 14.1. The Bertz CT molecular complexity index is 901. The third-order valence-corrected chi connectivity index (χ3v) is 4.87. The predicted octanol–water partition coefficient (Wildman–Crippen LogP) is 2.59. The van der Waals surface area contributed by atoms with Crippen molar-refractivity contribution in [1.82, 2.24) is 5.32 Å². The number of rotatable bonds is 7. The molecule has 1 heterocycles. The van der Waals surface area contributed by atoms with Gasteiger partial charge in [-0.15, -0.1) is 0 Å². The molecule has 7 nitrogen and oxygen atoms in total. The van der Waals surface area contributed by atoms with Gasteiger partial charge in [-0.2, -0.15) is 0 Å². The zero-order chi connectivity index (χ0) is 20.8. The maximum atomic E-state index is 12.7. The maximum Gasteiger partial charge on any atom is 0.250 e. The molecule has 0 saturated carbocycles. The molecule has 0 spiro atoms. The van der Waals surface area contributed by atoms with E-state index in [9.17, 15) is 14.4 Å². The van der Waals surface area contributed by atoms with Gasteiger partial charge in [0.25, 0.3) is 0 Å². The second-order valence-corrected chi connectivity index (χ2v) is 7.14. The lowest BCUT2D eigenvalue weighted by molar-refractivity contribution is -0.132. The fraction of sp³-hybridized carbons (Fsp3) is 0.286. The summed E-state index contributed by atoms with van der Waals surface area (Å²) in [6.07, 6.45) is 0.459. The first-order valence-corrected chi connectivity index (χ1v) is 9.58. The van der Waals surface area contributed by atoms with E-state index in [1.807, 2.05) is 6.07 Å². The largest absolute Gasteiger partial charge is 0.375 e. The van der Waals surface area contributed by atoms with E-state index in [-0.39, 0.29) is 30.9 Å². The Balaban J connectivity index is 1.56. The van der Waals surface area contributed by atoms with Crippen molar-refractivity contribution in [3.63, 3.8) is 0 Å². The van der Waals surface area contributed by atoms with Gasteiger partial charge in [0.2, 0.25) is 17.7 Å². The number of methoxy groups -OCH3 is 1. The monoisotopic (exact) mass is 415 g/mol. The van der Waals surface area contributed by atoms with Gasteiger partial charge in [-0.3, -0.25) is 14.4 Å². The number of carbonyl (C=O) groups excluding carboxylic acids is 3. The highest BCUT2D eigenvalue weighted by atomic mass is 35.5. The van der Waals surface area contributed by atoms with Crippen molar-refractivity contribution < 1.29 is 19.1 Å². The first-order valence-electron chi connectivity index (χ1n) is 9.20. The highest BCUT2D eigenvalue weighted by Gasteiger charge is 2.37. The summed E-state index contributed by atoms with van der Waals surface area (Å²) in [5, 5.41) is 6.12. The van der Waals surface area contributed by atoms with E-state index in [4.69, 9.17) is 16.3 Å². The molecule has 3 rings (SSSR count). The molecule has 1 aliphatic rings. The first-order chi connectivity index (χ1) is 14.0. The minimum absolute atomic E-state index is 0.0329. The Morgan fingerprint density at radius 2 is 1.97 bits per heavy atom. The second kappa shape index (κ2) is 9.54. The molecule has 2 aromatic rings. The molecule has 1 fully saturated rings. The summed E-state index contributed by atoms with van der Waals surface area (Å²) in [6.45, 7) is 0.714. The van der Waals surface area contributed by atoms with Gasteiger partial charge in [0.15, 0.2) is 0 Å². The number of amides is 3. The molecule has 0 aromatic heterocycles. The average Bonchev–Trinajstić information content (AvgIpc) is 3.09. The van der Waals surface area contributed by atoms with Crippen molar-refractivity contribution in [3.05, 3.63) is 59.1 Å². The number of hydrogen-bond acceptors (Lipinski definition) is 4. The van der Waals surface area contributed by atoms with Crippen LogP contribution in [0.25, 0.3) is 0 Å². The van der Waals surface area contributed by atoms with Gasteiger partial charge < -0.3 is 20.3 Å². The minimum Gasteiger partial charge on any atom is -0.375 e. The molecule has 3 amide bonds.